The van der Waals surface area contributed by atoms with E-state index in [1.807, 2.05) is 30.5 Å². The molecule has 2 N–H and O–H groups in total. The highest BCUT2D eigenvalue weighted by molar-refractivity contribution is 5.82. The molecule has 0 fully saturated rings. The molecular formula is C15H18N2. The molecule has 2 heteroatoms. The molecule has 1 unspecified atom stereocenters. The van der Waals surface area contributed by atoms with Gasteiger partial charge in [0, 0.05) is 17.6 Å². The highest BCUT2D eigenvalue weighted by atomic mass is 14.7. The second-order valence-electron chi connectivity index (χ2n) is 4.24. The number of rotatable bonds is 5. The molecule has 88 valence electrons. The Labute approximate surface area is 102 Å². The summed E-state index contributed by atoms with van der Waals surface area (Å²) in [7, 11) is 0. The third-order valence-corrected chi connectivity index (χ3v) is 3.00. The van der Waals surface area contributed by atoms with E-state index in [0.29, 0.717) is 0 Å². The first-order valence-electron chi connectivity index (χ1n) is 6.03. The lowest BCUT2D eigenvalue weighted by molar-refractivity contribution is 0.621. The zero-order valence-corrected chi connectivity index (χ0v) is 9.97. The number of benzene rings is 1. The summed E-state index contributed by atoms with van der Waals surface area (Å²) in [5.41, 5.74) is 8.45. The van der Waals surface area contributed by atoms with Crippen molar-refractivity contribution in [2.75, 3.05) is 0 Å². The Balaban J connectivity index is 2.25. The van der Waals surface area contributed by atoms with Crippen LogP contribution in [0.5, 0.6) is 0 Å². The van der Waals surface area contributed by atoms with Crippen LogP contribution in [-0.4, -0.2) is 4.98 Å². The van der Waals surface area contributed by atoms with E-state index < -0.39 is 0 Å². The van der Waals surface area contributed by atoms with E-state index in [9.17, 15) is 0 Å². The molecule has 0 aliphatic rings. The van der Waals surface area contributed by atoms with Crippen molar-refractivity contribution < 1.29 is 0 Å². The second kappa shape index (κ2) is 5.60. The van der Waals surface area contributed by atoms with E-state index in [2.05, 4.69) is 23.7 Å². The van der Waals surface area contributed by atoms with E-state index in [-0.39, 0.29) is 6.04 Å². The summed E-state index contributed by atoms with van der Waals surface area (Å²) in [5.74, 6) is 0. The second-order valence-corrected chi connectivity index (χ2v) is 4.24. The molecule has 0 spiro atoms. The van der Waals surface area contributed by atoms with Gasteiger partial charge in [-0.15, -0.1) is 6.58 Å². The van der Waals surface area contributed by atoms with E-state index in [4.69, 9.17) is 5.73 Å². The molecule has 2 nitrogen and oxygen atoms in total. The third kappa shape index (κ3) is 2.71. The highest BCUT2D eigenvalue weighted by Crippen LogP contribution is 2.24. The number of hydrogen-bond donors (Lipinski definition) is 1. The number of nitrogens with two attached hydrogens (primary N) is 1. The minimum Gasteiger partial charge on any atom is -0.324 e. The SMILES string of the molecule is C=CCCCC(N)c1cccc2ncccc12. The van der Waals surface area contributed by atoms with Gasteiger partial charge in [0.1, 0.15) is 0 Å². The van der Waals surface area contributed by atoms with Gasteiger partial charge in [-0.05, 0) is 37.0 Å². The Morgan fingerprint density at radius 2 is 2.18 bits per heavy atom. The van der Waals surface area contributed by atoms with Crippen LogP contribution in [0.4, 0.5) is 0 Å². The number of allylic oxidation sites excluding steroid dienone is 1. The summed E-state index contributed by atoms with van der Waals surface area (Å²) >= 11 is 0. The van der Waals surface area contributed by atoms with Crippen LogP contribution in [0.15, 0.2) is 49.2 Å². The van der Waals surface area contributed by atoms with Crippen LogP contribution >= 0.6 is 0 Å². The Hall–Kier alpha value is -1.67. The number of pyridine rings is 1. The lowest BCUT2D eigenvalue weighted by atomic mass is 9.98. The molecule has 0 radical (unpaired) electrons. The van der Waals surface area contributed by atoms with Gasteiger partial charge in [0.2, 0.25) is 0 Å². The molecule has 0 saturated carbocycles. The van der Waals surface area contributed by atoms with Crippen LogP contribution in [0.2, 0.25) is 0 Å². The Bertz CT molecular complexity index is 500. The van der Waals surface area contributed by atoms with Gasteiger partial charge in [-0.1, -0.05) is 24.3 Å². The third-order valence-electron chi connectivity index (χ3n) is 3.00. The smallest absolute Gasteiger partial charge is 0.0705 e. The normalized spacial score (nSPS) is 12.5. The van der Waals surface area contributed by atoms with E-state index >= 15 is 0 Å². The minimum absolute atomic E-state index is 0.0860. The van der Waals surface area contributed by atoms with Gasteiger partial charge in [-0.2, -0.15) is 0 Å². The van der Waals surface area contributed by atoms with Crippen LogP contribution in [0, 0.1) is 0 Å². The standard InChI is InChI=1S/C15H18N2/c1-2-3-4-9-14(16)12-7-5-10-15-13(12)8-6-11-17-15/h2,5-8,10-11,14H,1,3-4,9,16H2. The van der Waals surface area contributed by atoms with Crippen LogP contribution in [-0.2, 0) is 0 Å². The van der Waals surface area contributed by atoms with E-state index in [0.717, 1.165) is 24.8 Å². The lowest BCUT2D eigenvalue weighted by Gasteiger charge is -2.13. The summed E-state index contributed by atoms with van der Waals surface area (Å²) in [6.07, 6.45) is 6.85. The van der Waals surface area contributed by atoms with Gasteiger partial charge in [-0.25, -0.2) is 0 Å². The van der Waals surface area contributed by atoms with Crippen molar-refractivity contribution in [3.8, 4) is 0 Å². The predicted octanol–water partition coefficient (Wildman–Crippen LogP) is 3.59. The Kier molecular flexibility index (Phi) is 3.89. The van der Waals surface area contributed by atoms with E-state index in [1.54, 1.807) is 0 Å². The van der Waals surface area contributed by atoms with Gasteiger partial charge in [0.05, 0.1) is 5.52 Å². The maximum Gasteiger partial charge on any atom is 0.0705 e. The van der Waals surface area contributed by atoms with Crippen LogP contribution < -0.4 is 5.73 Å². The van der Waals surface area contributed by atoms with Crippen LogP contribution in [0.1, 0.15) is 30.9 Å². The molecule has 0 aliphatic heterocycles. The molecule has 0 aliphatic carbocycles. The number of nitrogens with zero attached hydrogens (tertiary/aromatic N) is 1. The number of unbranched alkanes of at least 4 members (excludes halogenated alkanes) is 1. The molecule has 2 rings (SSSR count). The molecule has 0 saturated heterocycles. The van der Waals surface area contributed by atoms with Crippen LogP contribution in [0.3, 0.4) is 0 Å². The number of hydrogen-bond acceptors (Lipinski definition) is 2. The van der Waals surface area contributed by atoms with Crippen molar-refractivity contribution in [1.29, 1.82) is 0 Å². The van der Waals surface area contributed by atoms with Crippen LogP contribution in [0.25, 0.3) is 10.9 Å². The van der Waals surface area contributed by atoms with Crippen molar-refractivity contribution in [3.05, 3.63) is 54.7 Å². The van der Waals surface area contributed by atoms with Gasteiger partial charge in [-0.3, -0.25) is 4.98 Å². The molecule has 2 aromatic rings. The fourth-order valence-corrected chi connectivity index (χ4v) is 2.09. The lowest BCUT2D eigenvalue weighted by Crippen LogP contribution is -2.10. The first kappa shape index (κ1) is 11.8. The molecule has 17 heavy (non-hydrogen) atoms. The predicted molar refractivity (Wildman–Crippen MR) is 72.7 cm³/mol. The molecule has 0 bridgehead atoms. The Morgan fingerprint density at radius 1 is 1.29 bits per heavy atom. The van der Waals surface area contributed by atoms with Crippen molar-refractivity contribution in [1.82, 2.24) is 4.98 Å². The average molecular weight is 226 g/mol. The van der Waals surface area contributed by atoms with Crippen molar-refractivity contribution in [2.45, 2.75) is 25.3 Å². The zero-order valence-electron chi connectivity index (χ0n) is 9.97. The largest absolute Gasteiger partial charge is 0.324 e. The van der Waals surface area contributed by atoms with Crippen molar-refractivity contribution >= 4 is 10.9 Å². The monoisotopic (exact) mass is 226 g/mol. The summed E-state index contributed by atoms with van der Waals surface area (Å²) in [6.45, 7) is 3.73. The van der Waals surface area contributed by atoms with Gasteiger partial charge >= 0.3 is 0 Å². The fraction of sp³-hybridized carbons (Fsp3) is 0.267. The first-order valence-corrected chi connectivity index (χ1v) is 6.03. The number of aromatic nitrogens is 1. The maximum absolute atomic E-state index is 6.24. The fourth-order valence-electron chi connectivity index (χ4n) is 2.09. The van der Waals surface area contributed by atoms with Crippen molar-refractivity contribution in [3.63, 3.8) is 0 Å². The number of fused-ring (bicyclic) bond motifs is 1. The van der Waals surface area contributed by atoms with Gasteiger partial charge in [0.25, 0.3) is 0 Å². The molecule has 0 amide bonds. The quantitative estimate of drug-likeness (QED) is 0.625. The highest BCUT2D eigenvalue weighted by Gasteiger charge is 2.09. The molecule has 1 aromatic carbocycles. The first-order chi connectivity index (χ1) is 8.33. The average Bonchev–Trinajstić information content (AvgIpc) is 2.38. The van der Waals surface area contributed by atoms with Gasteiger partial charge in [0.15, 0.2) is 0 Å². The van der Waals surface area contributed by atoms with E-state index in [1.165, 1.54) is 10.9 Å². The molecular weight excluding hydrogens is 208 g/mol. The minimum atomic E-state index is 0.0860. The van der Waals surface area contributed by atoms with Gasteiger partial charge < -0.3 is 5.73 Å². The molecule has 1 aromatic heterocycles. The summed E-state index contributed by atoms with van der Waals surface area (Å²) in [5, 5.41) is 1.17. The molecule has 1 atom stereocenters. The summed E-state index contributed by atoms with van der Waals surface area (Å²) < 4.78 is 0. The van der Waals surface area contributed by atoms with Crippen molar-refractivity contribution in [2.24, 2.45) is 5.73 Å². The topological polar surface area (TPSA) is 38.9 Å². The molecule has 1 heterocycles. The summed E-state index contributed by atoms with van der Waals surface area (Å²) in [6, 6.07) is 10.3. The Morgan fingerprint density at radius 3 is 3.00 bits per heavy atom. The maximum atomic E-state index is 6.24. The summed E-state index contributed by atoms with van der Waals surface area (Å²) in [4.78, 5) is 4.35. The zero-order chi connectivity index (χ0) is 12.1.